The molecule has 0 atom stereocenters. The van der Waals surface area contributed by atoms with Gasteiger partial charge < -0.3 is 4.74 Å². The number of sulfone groups is 1. The molecule has 0 fully saturated rings. The lowest BCUT2D eigenvalue weighted by Crippen LogP contribution is -2.06. The Labute approximate surface area is 113 Å². The van der Waals surface area contributed by atoms with Crippen molar-refractivity contribution in [2.75, 3.05) is 0 Å². The van der Waals surface area contributed by atoms with Crippen LogP contribution in [0.25, 0.3) is 0 Å². The van der Waals surface area contributed by atoms with E-state index in [1.165, 1.54) is 12.1 Å². The molecular weight excluding hydrogens is 282 g/mol. The number of carbonyl (C=O) groups excluding carboxylic acids is 2. The molecule has 0 unspecified atom stereocenters. The zero-order valence-corrected chi connectivity index (χ0v) is 10.8. The molecule has 0 radical (unpaired) electrons. The molecule has 1 aromatic heterocycles. The SMILES string of the molecule is O=C1OC(=O)c2cc(S(=O)(=O)c3ccccc3)ncc21. The molecule has 0 saturated carbocycles. The maximum atomic E-state index is 12.3. The predicted molar refractivity (Wildman–Crippen MR) is 65.9 cm³/mol. The van der Waals surface area contributed by atoms with E-state index in [9.17, 15) is 18.0 Å². The van der Waals surface area contributed by atoms with E-state index in [1.54, 1.807) is 18.2 Å². The van der Waals surface area contributed by atoms with Crippen molar-refractivity contribution in [3.8, 4) is 0 Å². The number of aromatic nitrogens is 1. The minimum atomic E-state index is -3.83. The van der Waals surface area contributed by atoms with Gasteiger partial charge in [-0.1, -0.05) is 18.2 Å². The molecule has 0 amide bonds. The topological polar surface area (TPSA) is 90.4 Å². The maximum absolute atomic E-state index is 12.3. The zero-order valence-electron chi connectivity index (χ0n) is 9.94. The van der Waals surface area contributed by atoms with Gasteiger partial charge in [0.15, 0.2) is 5.03 Å². The third-order valence-electron chi connectivity index (χ3n) is 2.83. The number of rotatable bonds is 2. The Balaban J connectivity index is 2.16. The summed E-state index contributed by atoms with van der Waals surface area (Å²) in [7, 11) is -3.83. The number of fused-ring (bicyclic) bond motifs is 1. The molecule has 100 valence electrons. The predicted octanol–water partition coefficient (Wildman–Crippen LogP) is 1.22. The summed E-state index contributed by atoms with van der Waals surface area (Å²) in [5, 5.41) is -0.297. The average molecular weight is 289 g/mol. The fraction of sp³-hybridized carbons (Fsp3) is 0. The summed E-state index contributed by atoms with van der Waals surface area (Å²) in [6.07, 6.45) is 1.04. The number of carbonyl (C=O) groups is 2. The highest BCUT2D eigenvalue weighted by molar-refractivity contribution is 7.91. The third-order valence-corrected chi connectivity index (χ3v) is 4.50. The van der Waals surface area contributed by atoms with Crippen molar-refractivity contribution in [1.29, 1.82) is 0 Å². The fourth-order valence-corrected chi connectivity index (χ4v) is 3.05. The molecule has 20 heavy (non-hydrogen) atoms. The molecular formula is C13H7NO5S. The van der Waals surface area contributed by atoms with Crippen LogP contribution in [0.3, 0.4) is 0 Å². The van der Waals surface area contributed by atoms with Gasteiger partial charge in [-0.05, 0) is 18.2 Å². The Morgan fingerprint density at radius 3 is 2.30 bits per heavy atom. The molecule has 1 aliphatic heterocycles. The first-order valence-electron chi connectivity index (χ1n) is 5.57. The van der Waals surface area contributed by atoms with Gasteiger partial charge in [0, 0.05) is 6.20 Å². The van der Waals surface area contributed by atoms with E-state index in [0.29, 0.717) is 0 Å². The molecule has 1 aromatic carbocycles. The first-order valence-corrected chi connectivity index (χ1v) is 7.05. The number of nitrogens with zero attached hydrogens (tertiary/aromatic N) is 1. The van der Waals surface area contributed by atoms with Crippen LogP contribution in [0.15, 0.2) is 52.5 Å². The molecule has 0 N–H and O–H groups in total. The van der Waals surface area contributed by atoms with Gasteiger partial charge in [-0.25, -0.2) is 23.0 Å². The Hall–Kier alpha value is -2.54. The second-order valence-corrected chi connectivity index (χ2v) is 5.96. The van der Waals surface area contributed by atoms with Crippen LogP contribution in [-0.2, 0) is 14.6 Å². The van der Waals surface area contributed by atoms with Crippen molar-refractivity contribution in [3.63, 3.8) is 0 Å². The van der Waals surface area contributed by atoms with Crippen molar-refractivity contribution in [2.24, 2.45) is 0 Å². The third kappa shape index (κ3) is 1.79. The first-order chi connectivity index (χ1) is 9.50. The molecule has 0 aliphatic carbocycles. The minimum Gasteiger partial charge on any atom is -0.386 e. The average Bonchev–Trinajstić information content (AvgIpc) is 2.75. The van der Waals surface area contributed by atoms with Crippen LogP contribution >= 0.6 is 0 Å². The number of cyclic esters (lactones) is 2. The molecule has 0 bridgehead atoms. The number of esters is 2. The second-order valence-electron chi connectivity index (χ2n) is 4.06. The lowest BCUT2D eigenvalue weighted by atomic mass is 10.2. The monoisotopic (exact) mass is 289 g/mol. The molecule has 3 rings (SSSR count). The number of benzene rings is 1. The molecule has 7 heteroatoms. The van der Waals surface area contributed by atoms with E-state index in [-0.39, 0.29) is 21.0 Å². The second kappa shape index (κ2) is 4.24. The lowest BCUT2D eigenvalue weighted by Gasteiger charge is -2.03. The van der Waals surface area contributed by atoms with E-state index in [2.05, 4.69) is 9.72 Å². The van der Waals surface area contributed by atoms with Crippen molar-refractivity contribution < 1.29 is 22.7 Å². The summed E-state index contributed by atoms with van der Waals surface area (Å²) in [4.78, 5) is 26.5. The van der Waals surface area contributed by atoms with Gasteiger partial charge in [0.25, 0.3) is 0 Å². The number of hydrogen-bond acceptors (Lipinski definition) is 6. The van der Waals surface area contributed by atoms with Crippen LogP contribution in [0.2, 0.25) is 0 Å². The summed E-state index contributed by atoms with van der Waals surface area (Å²) in [6, 6.07) is 8.76. The van der Waals surface area contributed by atoms with E-state index in [0.717, 1.165) is 12.3 Å². The Kier molecular flexibility index (Phi) is 2.65. The van der Waals surface area contributed by atoms with Crippen LogP contribution in [0.5, 0.6) is 0 Å². The van der Waals surface area contributed by atoms with E-state index in [1.807, 2.05) is 0 Å². The standard InChI is InChI=1S/C13H7NO5S/c15-12-9-6-11(14-7-10(9)13(16)19-12)20(17,18)8-4-2-1-3-5-8/h1-7H. The highest BCUT2D eigenvalue weighted by Gasteiger charge is 2.32. The largest absolute Gasteiger partial charge is 0.386 e. The molecule has 0 saturated heterocycles. The molecule has 2 aromatic rings. The Morgan fingerprint density at radius 1 is 0.950 bits per heavy atom. The van der Waals surface area contributed by atoms with Crippen LogP contribution in [-0.4, -0.2) is 25.3 Å². The minimum absolute atomic E-state index is 0.0259. The number of pyridine rings is 1. The van der Waals surface area contributed by atoms with E-state index >= 15 is 0 Å². The number of hydrogen-bond donors (Lipinski definition) is 0. The highest BCUT2D eigenvalue weighted by atomic mass is 32.2. The Bertz CT molecular complexity index is 827. The summed E-state index contributed by atoms with van der Waals surface area (Å²) in [5.74, 6) is -1.68. The molecule has 1 aliphatic rings. The fourth-order valence-electron chi connectivity index (χ4n) is 1.83. The van der Waals surface area contributed by atoms with Gasteiger partial charge in [0.05, 0.1) is 16.0 Å². The van der Waals surface area contributed by atoms with E-state index < -0.39 is 21.8 Å². The maximum Gasteiger partial charge on any atom is 0.348 e. The van der Waals surface area contributed by atoms with E-state index in [4.69, 9.17) is 0 Å². The Morgan fingerprint density at radius 2 is 1.60 bits per heavy atom. The van der Waals surface area contributed by atoms with Gasteiger partial charge in [-0.15, -0.1) is 0 Å². The van der Waals surface area contributed by atoms with Gasteiger partial charge >= 0.3 is 11.9 Å². The van der Waals surface area contributed by atoms with Crippen LogP contribution in [0, 0.1) is 0 Å². The van der Waals surface area contributed by atoms with Crippen molar-refractivity contribution >= 4 is 21.8 Å². The van der Waals surface area contributed by atoms with Gasteiger partial charge in [-0.2, -0.15) is 0 Å². The van der Waals surface area contributed by atoms with Crippen molar-refractivity contribution in [1.82, 2.24) is 4.98 Å². The van der Waals surface area contributed by atoms with Crippen LogP contribution < -0.4 is 0 Å². The number of ether oxygens (including phenoxy) is 1. The lowest BCUT2D eigenvalue weighted by molar-refractivity contribution is 0.0443. The van der Waals surface area contributed by atoms with Gasteiger partial charge in [0.2, 0.25) is 9.84 Å². The molecule has 6 nitrogen and oxygen atoms in total. The normalized spacial score (nSPS) is 14.0. The smallest absolute Gasteiger partial charge is 0.348 e. The van der Waals surface area contributed by atoms with Crippen molar-refractivity contribution in [3.05, 3.63) is 53.7 Å². The quantitative estimate of drug-likeness (QED) is 0.610. The summed E-state index contributed by atoms with van der Waals surface area (Å²) < 4.78 is 29.0. The summed E-state index contributed by atoms with van der Waals surface area (Å²) >= 11 is 0. The summed E-state index contributed by atoms with van der Waals surface area (Å²) in [5.41, 5.74) is -0.110. The van der Waals surface area contributed by atoms with Crippen LogP contribution in [0.4, 0.5) is 0 Å². The first kappa shape index (κ1) is 12.5. The van der Waals surface area contributed by atoms with Crippen LogP contribution in [0.1, 0.15) is 20.7 Å². The molecule has 2 heterocycles. The van der Waals surface area contributed by atoms with Crippen molar-refractivity contribution in [2.45, 2.75) is 9.92 Å². The summed E-state index contributed by atoms with van der Waals surface area (Å²) in [6.45, 7) is 0. The zero-order chi connectivity index (χ0) is 14.3. The molecule has 0 spiro atoms. The highest BCUT2D eigenvalue weighted by Crippen LogP contribution is 2.24. The van der Waals surface area contributed by atoms with Gasteiger partial charge in [0.1, 0.15) is 0 Å². The van der Waals surface area contributed by atoms with Gasteiger partial charge in [-0.3, -0.25) is 0 Å².